The molecule has 2 rings (SSSR count). The number of carbonyl (C=O) groups excluding carboxylic acids is 1. The summed E-state index contributed by atoms with van der Waals surface area (Å²) in [6.07, 6.45) is -4.58. The van der Waals surface area contributed by atoms with Crippen molar-refractivity contribution < 1.29 is 22.4 Å². The highest BCUT2D eigenvalue weighted by Crippen LogP contribution is 2.33. The zero-order valence-electron chi connectivity index (χ0n) is 11.3. The fraction of sp³-hybridized carbons (Fsp3) is 0.500. The smallest absolute Gasteiger partial charge is 0.416 e. The summed E-state index contributed by atoms with van der Waals surface area (Å²) in [5, 5.41) is 14.9. The molecule has 0 atom stereocenters. The van der Waals surface area contributed by atoms with Crippen LogP contribution < -0.4 is 5.32 Å². The van der Waals surface area contributed by atoms with E-state index in [0.717, 1.165) is 11.8 Å². The average molecular weight is 353 g/mol. The Kier molecular flexibility index (Phi) is 5.01. The van der Waals surface area contributed by atoms with Crippen LogP contribution in [0, 0.1) is 0 Å². The van der Waals surface area contributed by atoms with E-state index in [-0.39, 0.29) is 33.4 Å². The molecule has 7 nitrogen and oxygen atoms in total. The zero-order chi connectivity index (χ0) is 16.3. The number of hydrogen-bond acceptors (Lipinski definition) is 8. The van der Waals surface area contributed by atoms with Gasteiger partial charge in [-0.1, -0.05) is 36.9 Å². The van der Waals surface area contributed by atoms with Crippen molar-refractivity contribution in [1.82, 2.24) is 20.4 Å². The first-order valence-corrected chi connectivity index (χ1v) is 7.72. The Bertz CT molecular complexity index is 655. The van der Waals surface area contributed by atoms with Crippen molar-refractivity contribution in [2.75, 3.05) is 11.1 Å². The minimum Gasteiger partial charge on any atom is -0.416 e. The van der Waals surface area contributed by atoms with E-state index in [1.165, 1.54) is 0 Å². The normalized spacial score (nSPS) is 11.9. The molecule has 2 heterocycles. The molecular formula is C10H10F3N5O2S2. The summed E-state index contributed by atoms with van der Waals surface area (Å²) in [5.74, 6) is -0.125. The maximum atomic E-state index is 12.3. The van der Waals surface area contributed by atoms with Gasteiger partial charge in [0.2, 0.25) is 21.9 Å². The molecule has 0 unspecified atom stereocenters. The van der Waals surface area contributed by atoms with Gasteiger partial charge in [-0.2, -0.15) is 13.2 Å². The Morgan fingerprint density at radius 1 is 1.32 bits per heavy atom. The lowest BCUT2D eigenvalue weighted by Gasteiger charge is -1.99. The van der Waals surface area contributed by atoms with Crippen LogP contribution in [-0.4, -0.2) is 32.1 Å². The summed E-state index contributed by atoms with van der Waals surface area (Å²) >= 11 is 1.24. The van der Waals surface area contributed by atoms with E-state index >= 15 is 0 Å². The summed E-state index contributed by atoms with van der Waals surface area (Å²) in [4.78, 5) is 11.6. The van der Waals surface area contributed by atoms with Crippen LogP contribution in [-0.2, 0) is 11.0 Å². The van der Waals surface area contributed by atoms with Crippen molar-refractivity contribution in [2.24, 2.45) is 0 Å². The first-order chi connectivity index (χ1) is 10.3. The first kappa shape index (κ1) is 16.7. The highest BCUT2D eigenvalue weighted by atomic mass is 32.2. The third-order valence-corrected chi connectivity index (χ3v) is 3.86. The van der Waals surface area contributed by atoms with Gasteiger partial charge in [0, 0.05) is 5.92 Å². The van der Waals surface area contributed by atoms with Gasteiger partial charge in [-0.05, 0) is 0 Å². The Labute approximate surface area is 130 Å². The van der Waals surface area contributed by atoms with Gasteiger partial charge in [0.25, 0.3) is 5.22 Å². The fourth-order valence-electron chi connectivity index (χ4n) is 1.18. The van der Waals surface area contributed by atoms with Crippen molar-refractivity contribution in [2.45, 2.75) is 31.2 Å². The van der Waals surface area contributed by atoms with Crippen LogP contribution in [0.2, 0.25) is 0 Å². The number of rotatable bonds is 5. The predicted octanol–water partition coefficient (Wildman–Crippen LogP) is 2.79. The van der Waals surface area contributed by atoms with E-state index in [1.807, 2.05) is 13.8 Å². The summed E-state index contributed by atoms with van der Waals surface area (Å²) in [5.41, 5.74) is 0. The molecule has 12 heteroatoms. The van der Waals surface area contributed by atoms with E-state index in [4.69, 9.17) is 4.42 Å². The minimum absolute atomic E-state index is 0.0675. The SMILES string of the molecule is CC(C)c1nnc(SCC(=O)Nc2nnc(C(F)(F)F)s2)o1. The predicted molar refractivity (Wildman–Crippen MR) is 72.7 cm³/mol. The van der Waals surface area contributed by atoms with Crippen molar-refractivity contribution in [3.8, 4) is 0 Å². The molecule has 0 saturated heterocycles. The number of hydrogen-bond donors (Lipinski definition) is 1. The molecule has 120 valence electrons. The molecule has 0 aliphatic heterocycles. The lowest BCUT2D eigenvalue weighted by atomic mass is 10.2. The largest absolute Gasteiger partial charge is 0.445 e. The second-order valence-electron chi connectivity index (χ2n) is 4.31. The number of amides is 1. The fourth-order valence-corrected chi connectivity index (χ4v) is 2.38. The van der Waals surface area contributed by atoms with Gasteiger partial charge in [-0.3, -0.25) is 10.1 Å². The summed E-state index contributed by atoms with van der Waals surface area (Å²) in [7, 11) is 0. The number of carbonyl (C=O) groups is 1. The van der Waals surface area contributed by atoms with Gasteiger partial charge < -0.3 is 4.42 Å². The van der Waals surface area contributed by atoms with Gasteiger partial charge in [0.15, 0.2) is 0 Å². The quantitative estimate of drug-likeness (QED) is 0.826. The third-order valence-electron chi connectivity index (χ3n) is 2.16. The topological polar surface area (TPSA) is 93.8 Å². The van der Waals surface area contributed by atoms with Crippen LogP contribution in [0.25, 0.3) is 0 Å². The summed E-state index contributed by atoms with van der Waals surface area (Å²) < 4.78 is 42.3. The maximum absolute atomic E-state index is 12.3. The van der Waals surface area contributed by atoms with E-state index in [1.54, 1.807) is 0 Å². The van der Waals surface area contributed by atoms with Crippen LogP contribution in [0.1, 0.15) is 30.7 Å². The number of alkyl halides is 3. The highest BCUT2D eigenvalue weighted by molar-refractivity contribution is 7.99. The van der Waals surface area contributed by atoms with Crippen molar-refractivity contribution >= 4 is 34.1 Å². The Balaban J connectivity index is 1.86. The van der Waals surface area contributed by atoms with E-state index < -0.39 is 17.1 Å². The molecule has 0 aliphatic carbocycles. The standard InChI is InChI=1S/C10H10F3N5O2S2/c1-4(2)6-15-18-9(20-6)21-3-5(19)14-8-17-16-7(22-8)10(11,12)13/h4H,3H2,1-2H3,(H,14,17,19). The van der Waals surface area contributed by atoms with Crippen LogP contribution in [0.5, 0.6) is 0 Å². The zero-order valence-corrected chi connectivity index (χ0v) is 13.0. The van der Waals surface area contributed by atoms with Crippen molar-refractivity contribution in [1.29, 1.82) is 0 Å². The molecule has 0 bridgehead atoms. The minimum atomic E-state index is -4.58. The van der Waals surface area contributed by atoms with E-state index in [0.29, 0.717) is 5.89 Å². The molecular weight excluding hydrogens is 343 g/mol. The van der Waals surface area contributed by atoms with Gasteiger partial charge in [-0.15, -0.1) is 20.4 Å². The molecule has 0 spiro atoms. The average Bonchev–Trinajstić information content (AvgIpc) is 3.04. The van der Waals surface area contributed by atoms with Gasteiger partial charge in [-0.25, -0.2) is 0 Å². The second-order valence-corrected chi connectivity index (χ2v) is 6.21. The van der Waals surface area contributed by atoms with Crippen molar-refractivity contribution in [3.05, 3.63) is 10.9 Å². The number of thioether (sulfide) groups is 1. The summed E-state index contributed by atoms with van der Waals surface area (Å²) in [6.45, 7) is 3.75. The molecule has 0 saturated carbocycles. The highest BCUT2D eigenvalue weighted by Gasteiger charge is 2.35. The molecule has 0 aromatic carbocycles. The van der Waals surface area contributed by atoms with Gasteiger partial charge >= 0.3 is 6.18 Å². The maximum Gasteiger partial charge on any atom is 0.445 e. The molecule has 0 radical (unpaired) electrons. The molecule has 1 amide bonds. The van der Waals surface area contributed by atoms with E-state index in [2.05, 4.69) is 25.7 Å². The molecule has 2 aromatic heterocycles. The molecule has 2 aromatic rings. The molecule has 1 N–H and O–H groups in total. The number of nitrogens with one attached hydrogen (secondary N) is 1. The Hall–Kier alpha value is -1.69. The summed E-state index contributed by atoms with van der Waals surface area (Å²) in [6, 6.07) is 0. The first-order valence-electron chi connectivity index (χ1n) is 5.92. The Morgan fingerprint density at radius 3 is 2.59 bits per heavy atom. The molecule has 0 aliphatic rings. The monoisotopic (exact) mass is 353 g/mol. The van der Waals surface area contributed by atoms with E-state index in [9.17, 15) is 18.0 Å². The lowest BCUT2D eigenvalue weighted by molar-refractivity contribution is -0.138. The molecule has 0 fully saturated rings. The van der Waals surface area contributed by atoms with Crippen LogP contribution >= 0.6 is 23.1 Å². The van der Waals surface area contributed by atoms with Gasteiger partial charge in [0.1, 0.15) is 0 Å². The van der Waals surface area contributed by atoms with Crippen LogP contribution in [0.4, 0.5) is 18.3 Å². The second kappa shape index (κ2) is 6.60. The van der Waals surface area contributed by atoms with Crippen LogP contribution in [0.15, 0.2) is 9.64 Å². The van der Waals surface area contributed by atoms with Gasteiger partial charge in [0.05, 0.1) is 5.75 Å². The lowest BCUT2D eigenvalue weighted by Crippen LogP contribution is -2.13. The third kappa shape index (κ3) is 4.40. The van der Waals surface area contributed by atoms with Crippen LogP contribution in [0.3, 0.4) is 0 Å². The number of halogens is 3. The molecule has 22 heavy (non-hydrogen) atoms. The number of aromatic nitrogens is 4. The van der Waals surface area contributed by atoms with Crippen molar-refractivity contribution in [3.63, 3.8) is 0 Å². The number of anilines is 1. The number of nitrogens with zero attached hydrogens (tertiary/aromatic N) is 4. The Morgan fingerprint density at radius 2 is 2.05 bits per heavy atom.